The summed E-state index contributed by atoms with van der Waals surface area (Å²) in [5, 5.41) is 4.44. The number of carbonyl (C=O) groups excluding carboxylic acids is 2. The molecule has 3 N–H and O–H groups in total. The molecule has 1 atom stereocenters. The summed E-state index contributed by atoms with van der Waals surface area (Å²) in [5.41, 5.74) is 11.6. The number of imide groups is 1. The average molecular weight is 455 g/mol. The third kappa shape index (κ3) is 2.86. The van der Waals surface area contributed by atoms with Gasteiger partial charge >= 0.3 is 0 Å². The lowest BCUT2D eigenvalue weighted by molar-refractivity contribution is -0.122. The van der Waals surface area contributed by atoms with Gasteiger partial charge in [0.1, 0.15) is 5.75 Å². The topological polar surface area (TPSA) is 91.3 Å². The number of aromatic nitrogens is 2. The molecule has 7 heteroatoms. The first-order valence-corrected chi connectivity index (χ1v) is 11.6. The van der Waals surface area contributed by atoms with Crippen LogP contribution < -0.4 is 15.8 Å². The monoisotopic (exact) mass is 454 g/mol. The minimum atomic E-state index is -0.362. The lowest BCUT2D eigenvalue weighted by Gasteiger charge is -2.24. The maximum absolute atomic E-state index is 13.4. The van der Waals surface area contributed by atoms with Gasteiger partial charge in [-0.25, -0.2) is 0 Å². The van der Waals surface area contributed by atoms with Crippen molar-refractivity contribution in [3.8, 4) is 5.75 Å². The largest absolute Gasteiger partial charge is 0.497 e. The maximum atomic E-state index is 13.4. The Balaban J connectivity index is 1.72. The van der Waals surface area contributed by atoms with Crippen molar-refractivity contribution >= 4 is 44.8 Å². The lowest BCUT2D eigenvalue weighted by Crippen LogP contribution is -2.26. The predicted molar refractivity (Wildman–Crippen MR) is 132 cm³/mol. The number of nitrogens with zero attached hydrogens (tertiary/aromatic N) is 2. The van der Waals surface area contributed by atoms with Gasteiger partial charge < -0.3 is 19.6 Å². The van der Waals surface area contributed by atoms with E-state index in [1.807, 2.05) is 60.3 Å². The average Bonchev–Trinajstić information content (AvgIpc) is 3.46. The van der Waals surface area contributed by atoms with Gasteiger partial charge in [0, 0.05) is 58.4 Å². The highest BCUT2D eigenvalue weighted by molar-refractivity contribution is 6.51. The molecule has 2 amide bonds. The molecule has 0 aliphatic carbocycles. The van der Waals surface area contributed by atoms with Crippen molar-refractivity contribution in [2.24, 2.45) is 18.7 Å². The van der Waals surface area contributed by atoms with Crippen LogP contribution in [0.4, 0.5) is 0 Å². The number of para-hydroxylation sites is 1. The fraction of sp³-hybridized carbons (Fsp3) is 0.259. The van der Waals surface area contributed by atoms with Crippen molar-refractivity contribution < 1.29 is 14.3 Å². The second-order valence-electron chi connectivity index (χ2n) is 9.16. The highest BCUT2D eigenvalue weighted by Gasteiger charge is 2.38. The van der Waals surface area contributed by atoms with Gasteiger partial charge in [-0.05, 0) is 49.6 Å². The summed E-state index contributed by atoms with van der Waals surface area (Å²) >= 11 is 0. The highest BCUT2D eigenvalue weighted by atomic mass is 16.5. The molecular weight excluding hydrogens is 428 g/mol. The smallest absolute Gasteiger partial charge is 0.259 e. The third-order valence-corrected chi connectivity index (χ3v) is 7.30. The molecule has 4 heterocycles. The van der Waals surface area contributed by atoms with Crippen LogP contribution in [0.15, 0.2) is 48.7 Å². The minimum absolute atomic E-state index is 0.333. The number of rotatable bonds is 4. The van der Waals surface area contributed by atoms with Crippen LogP contribution in [0, 0.1) is 5.92 Å². The number of fused-ring (bicyclic) bond motifs is 4. The molecule has 6 rings (SSSR count). The number of aryl methyl sites for hydroxylation is 2. The first kappa shape index (κ1) is 20.7. The lowest BCUT2D eigenvalue weighted by atomic mass is 9.89. The van der Waals surface area contributed by atoms with Crippen LogP contribution >= 0.6 is 0 Å². The van der Waals surface area contributed by atoms with Crippen molar-refractivity contribution in [1.29, 1.82) is 0 Å². The predicted octanol–water partition coefficient (Wildman–Crippen LogP) is 3.23. The Kier molecular flexibility index (Phi) is 4.64. The van der Waals surface area contributed by atoms with E-state index in [4.69, 9.17) is 10.5 Å². The molecule has 2 aromatic heterocycles. The quantitative estimate of drug-likeness (QED) is 0.463. The number of nitrogens with one attached hydrogen (secondary N) is 1. The summed E-state index contributed by atoms with van der Waals surface area (Å²) in [7, 11) is 3.58. The Bertz CT molecular complexity index is 1540. The Hall–Kier alpha value is -3.84. The van der Waals surface area contributed by atoms with E-state index in [0.717, 1.165) is 58.0 Å². The van der Waals surface area contributed by atoms with Gasteiger partial charge in [0.25, 0.3) is 11.8 Å². The molecule has 2 aromatic carbocycles. The van der Waals surface area contributed by atoms with E-state index in [1.54, 1.807) is 7.11 Å². The van der Waals surface area contributed by atoms with Crippen LogP contribution in [0.2, 0.25) is 0 Å². The van der Waals surface area contributed by atoms with Gasteiger partial charge in [0.15, 0.2) is 0 Å². The molecule has 0 spiro atoms. The van der Waals surface area contributed by atoms with Crippen LogP contribution in [0.1, 0.15) is 23.2 Å². The van der Waals surface area contributed by atoms with E-state index in [-0.39, 0.29) is 11.8 Å². The standard InChI is InChI=1S/C27H26N4O3/c1-30-14-19(17-5-3-4-6-20(17)30)24-25(27(33)29-26(24)32)23-18-12-16(34-2)7-8-21(18)31-10-9-15(13-28)11-22(23)31/h3-8,12,14-15H,9-11,13,28H2,1-2H3,(H,29,32,33). The van der Waals surface area contributed by atoms with Gasteiger partial charge in [-0.2, -0.15) is 0 Å². The Morgan fingerprint density at radius 1 is 1.06 bits per heavy atom. The summed E-state index contributed by atoms with van der Waals surface area (Å²) in [6.07, 6.45) is 3.68. The van der Waals surface area contributed by atoms with Crippen molar-refractivity contribution in [2.45, 2.75) is 19.4 Å². The molecule has 0 fully saturated rings. The van der Waals surface area contributed by atoms with Crippen LogP contribution in [-0.2, 0) is 29.6 Å². The molecular formula is C27H26N4O3. The van der Waals surface area contributed by atoms with E-state index in [0.29, 0.717) is 29.4 Å². The number of methoxy groups -OCH3 is 1. The molecule has 0 bridgehead atoms. The Morgan fingerprint density at radius 3 is 2.65 bits per heavy atom. The van der Waals surface area contributed by atoms with E-state index in [2.05, 4.69) is 9.88 Å². The number of amides is 2. The number of hydrogen-bond acceptors (Lipinski definition) is 4. The second-order valence-corrected chi connectivity index (χ2v) is 9.16. The SMILES string of the molecule is COc1ccc2c(c1)c(C1=C(c3cn(C)c4ccccc34)C(=O)NC1=O)c1n2CCC(CN)C1. The second kappa shape index (κ2) is 7.60. The third-order valence-electron chi connectivity index (χ3n) is 7.30. The molecule has 172 valence electrons. The van der Waals surface area contributed by atoms with Crippen LogP contribution in [0.5, 0.6) is 5.75 Å². The first-order chi connectivity index (χ1) is 16.5. The first-order valence-electron chi connectivity index (χ1n) is 11.6. The zero-order chi connectivity index (χ0) is 23.6. The fourth-order valence-electron chi connectivity index (χ4n) is 5.64. The van der Waals surface area contributed by atoms with E-state index >= 15 is 0 Å². The van der Waals surface area contributed by atoms with Crippen molar-refractivity contribution in [3.63, 3.8) is 0 Å². The summed E-state index contributed by atoms with van der Waals surface area (Å²) in [6.45, 7) is 1.41. The normalized spacial score (nSPS) is 18.1. The Labute approximate surface area is 196 Å². The minimum Gasteiger partial charge on any atom is -0.497 e. The molecule has 34 heavy (non-hydrogen) atoms. The zero-order valence-electron chi connectivity index (χ0n) is 19.2. The summed E-state index contributed by atoms with van der Waals surface area (Å²) in [6, 6.07) is 13.9. The maximum Gasteiger partial charge on any atom is 0.259 e. The number of hydrogen-bond donors (Lipinski definition) is 2. The van der Waals surface area contributed by atoms with Gasteiger partial charge in [0.05, 0.1) is 18.3 Å². The molecule has 2 aliphatic rings. The van der Waals surface area contributed by atoms with E-state index < -0.39 is 0 Å². The zero-order valence-corrected chi connectivity index (χ0v) is 19.2. The van der Waals surface area contributed by atoms with E-state index in [9.17, 15) is 9.59 Å². The van der Waals surface area contributed by atoms with Crippen LogP contribution in [0.25, 0.3) is 33.0 Å². The molecule has 7 nitrogen and oxygen atoms in total. The molecule has 4 aromatic rings. The van der Waals surface area contributed by atoms with Crippen molar-refractivity contribution in [1.82, 2.24) is 14.5 Å². The van der Waals surface area contributed by atoms with Crippen LogP contribution in [-0.4, -0.2) is 34.6 Å². The van der Waals surface area contributed by atoms with Crippen LogP contribution in [0.3, 0.4) is 0 Å². The number of benzene rings is 2. The molecule has 0 radical (unpaired) electrons. The highest BCUT2D eigenvalue weighted by Crippen LogP contribution is 2.43. The van der Waals surface area contributed by atoms with Gasteiger partial charge in [-0.15, -0.1) is 0 Å². The summed E-state index contributed by atoms with van der Waals surface area (Å²) < 4.78 is 9.79. The number of ether oxygens (including phenoxy) is 1. The number of carbonyl (C=O) groups is 2. The molecule has 0 saturated heterocycles. The van der Waals surface area contributed by atoms with Gasteiger partial charge in [-0.3, -0.25) is 14.9 Å². The van der Waals surface area contributed by atoms with E-state index in [1.165, 1.54) is 0 Å². The van der Waals surface area contributed by atoms with Crippen molar-refractivity contribution in [3.05, 3.63) is 65.5 Å². The molecule has 2 aliphatic heterocycles. The summed E-state index contributed by atoms with van der Waals surface area (Å²) in [5.74, 6) is 0.322. The van der Waals surface area contributed by atoms with Crippen molar-refractivity contribution in [2.75, 3.05) is 13.7 Å². The summed E-state index contributed by atoms with van der Waals surface area (Å²) in [4.78, 5) is 26.6. The van der Waals surface area contributed by atoms with Gasteiger partial charge in [-0.1, -0.05) is 18.2 Å². The Morgan fingerprint density at radius 2 is 1.85 bits per heavy atom. The molecule has 0 saturated carbocycles. The fourth-order valence-corrected chi connectivity index (χ4v) is 5.64. The molecule has 1 unspecified atom stereocenters. The number of nitrogens with two attached hydrogens (primary N) is 1. The van der Waals surface area contributed by atoms with Gasteiger partial charge in [0.2, 0.25) is 0 Å².